The first-order chi connectivity index (χ1) is 7.35. The van der Waals surface area contributed by atoms with Gasteiger partial charge in [0.1, 0.15) is 0 Å². The van der Waals surface area contributed by atoms with Gasteiger partial charge in [0, 0.05) is 20.1 Å². The SMILES string of the molecule is CN=C(NCCCC(C)(C)C)NCC(C)C. The van der Waals surface area contributed by atoms with E-state index < -0.39 is 0 Å². The minimum absolute atomic E-state index is 0.427. The molecule has 96 valence electrons. The molecule has 2 N–H and O–H groups in total. The highest BCUT2D eigenvalue weighted by Gasteiger charge is 2.09. The number of nitrogens with one attached hydrogen (secondary N) is 2. The second kappa shape index (κ2) is 7.53. The molecule has 0 saturated carbocycles. The van der Waals surface area contributed by atoms with Gasteiger partial charge in [-0.05, 0) is 24.2 Å². The van der Waals surface area contributed by atoms with Gasteiger partial charge in [-0.15, -0.1) is 0 Å². The second-order valence-corrected chi connectivity index (χ2v) is 5.94. The van der Waals surface area contributed by atoms with E-state index in [0.717, 1.165) is 19.0 Å². The molecule has 0 unspecified atom stereocenters. The maximum atomic E-state index is 4.19. The molecule has 3 heteroatoms. The Morgan fingerprint density at radius 1 is 1.19 bits per heavy atom. The highest BCUT2D eigenvalue weighted by atomic mass is 15.2. The van der Waals surface area contributed by atoms with E-state index in [0.29, 0.717) is 11.3 Å². The fourth-order valence-corrected chi connectivity index (χ4v) is 1.35. The van der Waals surface area contributed by atoms with E-state index in [4.69, 9.17) is 0 Å². The van der Waals surface area contributed by atoms with E-state index in [1.54, 1.807) is 0 Å². The van der Waals surface area contributed by atoms with E-state index in [2.05, 4.69) is 50.2 Å². The molecule has 0 spiro atoms. The minimum Gasteiger partial charge on any atom is -0.356 e. The van der Waals surface area contributed by atoms with Crippen LogP contribution in [0.4, 0.5) is 0 Å². The van der Waals surface area contributed by atoms with Crippen molar-refractivity contribution in [3.8, 4) is 0 Å². The van der Waals surface area contributed by atoms with Crippen molar-refractivity contribution >= 4 is 5.96 Å². The van der Waals surface area contributed by atoms with Gasteiger partial charge in [0.05, 0.1) is 0 Å². The fourth-order valence-electron chi connectivity index (χ4n) is 1.35. The average Bonchev–Trinajstić information content (AvgIpc) is 2.15. The molecule has 0 amide bonds. The molecule has 0 saturated heterocycles. The zero-order valence-electron chi connectivity index (χ0n) is 11.9. The first-order valence-corrected chi connectivity index (χ1v) is 6.29. The van der Waals surface area contributed by atoms with Gasteiger partial charge in [-0.3, -0.25) is 4.99 Å². The smallest absolute Gasteiger partial charge is 0.190 e. The van der Waals surface area contributed by atoms with Crippen LogP contribution in [-0.4, -0.2) is 26.1 Å². The standard InChI is InChI=1S/C13H29N3/c1-11(2)10-16-12(14-6)15-9-7-8-13(3,4)5/h11H,7-10H2,1-6H3,(H2,14,15,16). The zero-order valence-corrected chi connectivity index (χ0v) is 11.9. The van der Waals surface area contributed by atoms with E-state index in [1.165, 1.54) is 12.8 Å². The fraction of sp³-hybridized carbons (Fsp3) is 0.923. The summed E-state index contributed by atoms with van der Waals surface area (Å²) in [5, 5.41) is 6.64. The van der Waals surface area contributed by atoms with Crippen LogP contribution in [0.2, 0.25) is 0 Å². The Balaban J connectivity index is 3.65. The maximum Gasteiger partial charge on any atom is 0.190 e. The summed E-state index contributed by atoms with van der Waals surface area (Å²) in [4.78, 5) is 4.19. The highest BCUT2D eigenvalue weighted by molar-refractivity contribution is 5.79. The molecule has 3 nitrogen and oxygen atoms in total. The summed E-state index contributed by atoms with van der Waals surface area (Å²) < 4.78 is 0. The third kappa shape index (κ3) is 9.81. The van der Waals surface area contributed by atoms with E-state index in [-0.39, 0.29) is 0 Å². The quantitative estimate of drug-likeness (QED) is 0.430. The lowest BCUT2D eigenvalue weighted by Crippen LogP contribution is -2.39. The monoisotopic (exact) mass is 227 g/mol. The molecule has 0 aromatic rings. The molecular formula is C13H29N3. The van der Waals surface area contributed by atoms with Crippen LogP contribution in [0.25, 0.3) is 0 Å². The second-order valence-electron chi connectivity index (χ2n) is 5.94. The molecule has 0 aliphatic carbocycles. The Bertz CT molecular complexity index is 202. The van der Waals surface area contributed by atoms with Crippen molar-refractivity contribution in [1.29, 1.82) is 0 Å². The van der Waals surface area contributed by atoms with Crippen LogP contribution >= 0.6 is 0 Å². The molecule has 0 fully saturated rings. The van der Waals surface area contributed by atoms with Crippen LogP contribution in [0.3, 0.4) is 0 Å². The number of guanidine groups is 1. The van der Waals surface area contributed by atoms with Gasteiger partial charge in [-0.1, -0.05) is 34.6 Å². The molecule has 0 heterocycles. The Labute approximate surface area is 101 Å². The van der Waals surface area contributed by atoms with Crippen LogP contribution in [0, 0.1) is 11.3 Å². The van der Waals surface area contributed by atoms with Crippen LogP contribution in [0.15, 0.2) is 4.99 Å². The van der Waals surface area contributed by atoms with Crippen molar-refractivity contribution < 1.29 is 0 Å². The normalized spacial score (nSPS) is 13.1. The highest BCUT2D eigenvalue weighted by Crippen LogP contribution is 2.19. The number of hydrogen-bond donors (Lipinski definition) is 2. The van der Waals surface area contributed by atoms with E-state index >= 15 is 0 Å². The van der Waals surface area contributed by atoms with Crippen molar-refractivity contribution in [2.75, 3.05) is 20.1 Å². The summed E-state index contributed by atoms with van der Waals surface area (Å²) in [6, 6.07) is 0. The van der Waals surface area contributed by atoms with Gasteiger partial charge in [0.15, 0.2) is 5.96 Å². The van der Waals surface area contributed by atoms with Crippen molar-refractivity contribution in [2.24, 2.45) is 16.3 Å². The topological polar surface area (TPSA) is 36.4 Å². The summed E-state index contributed by atoms with van der Waals surface area (Å²) >= 11 is 0. The molecule has 0 aromatic carbocycles. The molecule has 0 rings (SSSR count). The van der Waals surface area contributed by atoms with Gasteiger partial charge in [0.25, 0.3) is 0 Å². The summed E-state index contributed by atoms with van der Waals surface area (Å²) in [7, 11) is 1.82. The molecule has 0 radical (unpaired) electrons. The number of rotatable bonds is 5. The Hall–Kier alpha value is -0.730. The van der Waals surface area contributed by atoms with Gasteiger partial charge < -0.3 is 10.6 Å². The van der Waals surface area contributed by atoms with Crippen LogP contribution in [0.5, 0.6) is 0 Å². The first-order valence-electron chi connectivity index (χ1n) is 6.29. The summed E-state index contributed by atoms with van der Waals surface area (Å²) in [5.74, 6) is 1.57. The molecule has 0 aliphatic heterocycles. The minimum atomic E-state index is 0.427. The van der Waals surface area contributed by atoms with E-state index in [1.807, 2.05) is 7.05 Å². The van der Waals surface area contributed by atoms with E-state index in [9.17, 15) is 0 Å². The van der Waals surface area contributed by atoms with Gasteiger partial charge >= 0.3 is 0 Å². The first kappa shape index (κ1) is 15.3. The lowest BCUT2D eigenvalue weighted by Gasteiger charge is -2.18. The van der Waals surface area contributed by atoms with Crippen LogP contribution in [0.1, 0.15) is 47.5 Å². The summed E-state index contributed by atoms with van der Waals surface area (Å²) in [6.07, 6.45) is 2.42. The molecular weight excluding hydrogens is 198 g/mol. The summed E-state index contributed by atoms with van der Waals surface area (Å²) in [5.41, 5.74) is 0.427. The molecule has 0 bridgehead atoms. The summed E-state index contributed by atoms with van der Waals surface area (Å²) in [6.45, 7) is 13.2. The number of hydrogen-bond acceptors (Lipinski definition) is 1. The van der Waals surface area contributed by atoms with Crippen molar-refractivity contribution in [2.45, 2.75) is 47.5 Å². The molecule has 0 aliphatic rings. The third-order valence-electron chi connectivity index (χ3n) is 2.30. The Kier molecular flexibility index (Phi) is 7.18. The average molecular weight is 227 g/mol. The molecule has 16 heavy (non-hydrogen) atoms. The lowest BCUT2D eigenvalue weighted by atomic mass is 9.91. The third-order valence-corrected chi connectivity index (χ3v) is 2.30. The maximum absolute atomic E-state index is 4.19. The van der Waals surface area contributed by atoms with Crippen LogP contribution in [-0.2, 0) is 0 Å². The predicted molar refractivity (Wildman–Crippen MR) is 72.9 cm³/mol. The molecule has 0 atom stereocenters. The zero-order chi connectivity index (χ0) is 12.6. The Morgan fingerprint density at radius 3 is 2.25 bits per heavy atom. The van der Waals surface area contributed by atoms with Gasteiger partial charge in [-0.25, -0.2) is 0 Å². The van der Waals surface area contributed by atoms with Crippen molar-refractivity contribution in [3.63, 3.8) is 0 Å². The largest absolute Gasteiger partial charge is 0.356 e. The predicted octanol–water partition coefficient (Wildman–Crippen LogP) is 2.63. The Morgan fingerprint density at radius 2 is 1.81 bits per heavy atom. The lowest BCUT2D eigenvalue weighted by molar-refractivity contribution is 0.365. The number of aliphatic imine (C=N–C) groups is 1. The van der Waals surface area contributed by atoms with Crippen molar-refractivity contribution in [3.05, 3.63) is 0 Å². The van der Waals surface area contributed by atoms with Crippen LogP contribution < -0.4 is 10.6 Å². The van der Waals surface area contributed by atoms with Crippen molar-refractivity contribution in [1.82, 2.24) is 10.6 Å². The van der Waals surface area contributed by atoms with Gasteiger partial charge in [-0.2, -0.15) is 0 Å². The van der Waals surface area contributed by atoms with Gasteiger partial charge in [0.2, 0.25) is 0 Å². The number of nitrogens with zero attached hydrogens (tertiary/aromatic N) is 1. The molecule has 0 aromatic heterocycles.